The minimum Gasteiger partial charge on any atom is -0.457 e. The molecule has 0 fully saturated rings. The summed E-state index contributed by atoms with van der Waals surface area (Å²) in [4.78, 5) is 11.5. The Labute approximate surface area is 101 Å². The van der Waals surface area contributed by atoms with Gasteiger partial charge in [-0.25, -0.2) is 0 Å². The third-order valence-electron chi connectivity index (χ3n) is 1.69. The molecule has 4 nitrogen and oxygen atoms in total. The van der Waals surface area contributed by atoms with Crippen LogP contribution in [0, 0.1) is 0 Å². The molecule has 1 aromatic rings. The molecule has 6 heteroatoms. The lowest BCUT2D eigenvalue weighted by Gasteiger charge is -2.08. The van der Waals surface area contributed by atoms with Gasteiger partial charge in [0, 0.05) is 13.7 Å². The fourth-order valence-electron chi connectivity index (χ4n) is 0.994. The summed E-state index contributed by atoms with van der Waals surface area (Å²) >= 11 is 8.97. The summed E-state index contributed by atoms with van der Waals surface area (Å²) in [5.74, 6) is -0.225. The van der Waals surface area contributed by atoms with Crippen LogP contribution in [0.25, 0.3) is 0 Å². The molecule has 1 unspecified atom stereocenters. The van der Waals surface area contributed by atoms with E-state index in [4.69, 9.17) is 20.8 Å². The van der Waals surface area contributed by atoms with Gasteiger partial charge in [0.1, 0.15) is 0 Å². The van der Waals surface area contributed by atoms with Crippen LogP contribution in [0.2, 0.25) is 0 Å². The molecule has 0 radical (unpaired) electrons. The number of rotatable bonds is 5. The molecule has 1 heterocycles. The molecule has 84 valence electrons. The first-order chi connectivity index (χ1) is 7.15. The summed E-state index contributed by atoms with van der Waals surface area (Å²) in [6.07, 6.45) is 1.44. The molecule has 0 aliphatic heterocycles. The lowest BCUT2D eigenvalue weighted by molar-refractivity contribution is 0.0947. The van der Waals surface area contributed by atoms with E-state index in [1.165, 1.54) is 6.26 Å². The van der Waals surface area contributed by atoms with E-state index in [1.807, 2.05) is 0 Å². The highest BCUT2D eigenvalue weighted by molar-refractivity contribution is 9.10. The minimum absolute atomic E-state index is 0.225. The highest BCUT2D eigenvalue weighted by Crippen LogP contribution is 2.17. The Kier molecular flexibility index (Phi) is 5.14. The number of carbonyl (C=O) groups is 1. The van der Waals surface area contributed by atoms with Crippen molar-refractivity contribution in [2.24, 2.45) is 0 Å². The predicted molar refractivity (Wildman–Crippen MR) is 60.3 cm³/mol. The Morgan fingerprint density at radius 2 is 2.53 bits per heavy atom. The van der Waals surface area contributed by atoms with Gasteiger partial charge in [0.2, 0.25) is 0 Å². The van der Waals surface area contributed by atoms with E-state index >= 15 is 0 Å². The molecule has 1 atom stereocenters. The van der Waals surface area contributed by atoms with Gasteiger partial charge in [-0.2, -0.15) is 0 Å². The van der Waals surface area contributed by atoms with Crippen LogP contribution in [0.4, 0.5) is 0 Å². The first-order valence-electron chi connectivity index (χ1n) is 4.29. The largest absolute Gasteiger partial charge is 0.457 e. The average molecular weight is 297 g/mol. The van der Waals surface area contributed by atoms with E-state index < -0.39 is 0 Å². The third-order valence-corrected chi connectivity index (χ3v) is 2.59. The summed E-state index contributed by atoms with van der Waals surface area (Å²) in [6.45, 7) is 0.750. The fraction of sp³-hybridized carbons (Fsp3) is 0.444. The van der Waals surface area contributed by atoms with Crippen molar-refractivity contribution in [1.82, 2.24) is 5.32 Å². The van der Waals surface area contributed by atoms with Crippen LogP contribution in [0.3, 0.4) is 0 Å². The molecule has 1 aromatic heterocycles. The van der Waals surface area contributed by atoms with Gasteiger partial charge < -0.3 is 14.5 Å². The van der Waals surface area contributed by atoms with Gasteiger partial charge in [-0.3, -0.25) is 4.79 Å². The Morgan fingerprint density at radius 1 is 1.80 bits per heavy atom. The van der Waals surface area contributed by atoms with Crippen LogP contribution in [0.15, 0.2) is 21.4 Å². The molecule has 15 heavy (non-hydrogen) atoms. The molecule has 0 saturated heterocycles. The molecule has 1 rings (SSSR count). The van der Waals surface area contributed by atoms with Gasteiger partial charge in [0.15, 0.2) is 4.67 Å². The third kappa shape index (κ3) is 3.85. The molecule has 0 saturated carbocycles. The Balaban J connectivity index is 2.40. The second-order valence-electron chi connectivity index (χ2n) is 2.87. The number of hydrogen-bond donors (Lipinski definition) is 1. The van der Waals surface area contributed by atoms with Gasteiger partial charge >= 0.3 is 0 Å². The molecular formula is C9H11BrClNO3. The molecular weight excluding hydrogens is 285 g/mol. The van der Waals surface area contributed by atoms with Crippen LogP contribution < -0.4 is 5.32 Å². The Morgan fingerprint density at radius 3 is 3.07 bits per heavy atom. The fourth-order valence-corrected chi connectivity index (χ4v) is 1.62. The van der Waals surface area contributed by atoms with Crippen molar-refractivity contribution in [3.05, 3.63) is 22.6 Å². The number of hydrogen-bond acceptors (Lipinski definition) is 3. The zero-order valence-corrected chi connectivity index (χ0v) is 10.5. The number of alkyl halides is 1. The molecule has 0 spiro atoms. The maximum atomic E-state index is 11.5. The second-order valence-corrected chi connectivity index (χ2v) is 4.21. The summed E-state index contributed by atoms with van der Waals surface area (Å²) in [7, 11) is 1.56. The van der Waals surface area contributed by atoms with Crippen molar-refractivity contribution in [2.45, 2.75) is 5.38 Å². The quantitative estimate of drug-likeness (QED) is 0.846. The monoisotopic (exact) mass is 295 g/mol. The molecule has 0 aliphatic rings. The number of methoxy groups -OCH3 is 1. The first kappa shape index (κ1) is 12.5. The normalized spacial score (nSPS) is 12.5. The molecule has 0 aromatic carbocycles. The van der Waals surface area contributed by atoms with Crippen LogP contribution in [-0.4, -0.2) is 31.5 Å². The summed E-state index contributed by atoms with van der Waals surface area (Å²) in [6, 6.07) is 1.58. The van der Waals surface area contributed by atoms with E-state index in [-0.39, 0.29) is 11.3 Å². The van der Waals surface area contributed by atoms with Gasteiger partial charge in [-0.05, 0) is 22.0 Å². The maximum Gasteiger partial charge on any atom is 0.255 e. The van der Waals surface area contributed by atoms with Crippen LogP contribution in [-0.2, 0) is 4.74 Å². The Hall–Kier alpha value is -0.520. The number of carbonyl (C=O) groups excluding carboxylic acids is 1. The molecule has 1 N–H and O–H groups in total. The van der Waals surface area contributed by atoms with E-state index in [2.05, 4.69) is 21.2 Å². The molecule has 1 amide bonds. The number of furan rings is 1. The van der Waals surface area contributed by atoms with Crippen molar-refractivity contribution in [3.63, 3.8) is 0 Å². The van der Waals surface area contributed by atoms with Crippen molar-refractivity contribution in [2.75, 3.05) is 20.3 Å². The molecule has 0 aliphatic carbocycles. The number of ether oxygens (including phenoxy) is 1. The first-order valence-corrected chi connectivity index (χ1v) is 5.52. The minimum atomic E-state index is -0.232. The maximum absolute atomic E-state index is 11.5. The topological polar surface area (TPSA) is 51.5 Å². The van der Waals surface area contributed by atoms with Crippen molar-refractivity contribution in [1.29, 1.82) is 0 Å². The highest BCUT2D eigenvalue weighted by Gasteiger charge is 2.13. The predicted octanol–water partition coefficient (Wildman–Crippen LogP) is 2.03. The van der Waals surface area contributed by atoms with Crippen molar-refractivity contribution in [3.8, 4) is 0 Å². The zero-order chi connectivity index (χ0) is 11.3. The van der Waals surface area contributed by atoms with Gasteiger partial charge in [-0.1, -0.05) is 0 Å². The lowest BCUT2D eigenvalue weighted by atomic mass is 10.3. The SMILES string of the molecule is COCC(Cl)CNC(=O)c1ccoc1Br. The van der Waals surface area contributed by atoms with Crippen LogP contribution >= 0.6 is 27.5 Å². The van der Waals surface area contributed by atoms with Gasteiger partial charge in [0.25, 0.3) is 5.91 Å². The van der Waals surface area contributed by atoms with Crippen LogP contribution in [0.5, 0.6) is 0 Å². The van der Waals surface area contributed by atoms with E-state index in [9.17, 15) is 4.79 Å². The number of nitrogens with one attached hydrogen (secondary N) is 1. The highest BCUT2D eigenvalue weighted by atomic mass is 79.9. The van der Waals surface area contributed by atoms with Crippen molar-refractivity contribution < 1.29 is 13.9 Å². The number of halogens is 2. The van der Waals surface area contributed by atoms with Gasteiger partial charge in [-0.15, -0.1) is 11.6 Å². The van der Waals surface area contributed by atoms with Crippen LogP contribution in [0.1, 0.15) is 10.4 Å². The smallest absolute Gasteiger partial charge is 0.255 e. The summed E-state index contributed by atoms with van der Waals surface area (Å²) in [5, 5.41) is 2.44. The lowest BCUT2D eigenvalue weighted by Crippen LogP contribution is -2.31. The Bertz CT molecular complexity index is 329. The average Bonchev–Trinajstić information content (AvgIpc) is 2.61. The summed E-state index contributed by atoms with van der Waals surface area (Å²) in [5.41, 5.74) is 0.455. The van der Waals surface area contributed by atoms with Crippen molar-refractivity contribution >= 4 is 33.4 Å². The second kappa shape index (κ2) is 6.15. The van der Waals surface area contributed by atoms with E-state index in [0.717, 1.165) is 0 Å². The standard InChI is InChI=1S/C9H11BrClNO3/c1-14-5-6(11)4-12-9(13)7-2-3-15-8(7)10/h2-3,6H,4-5H2,1H3,(H,12,13). The van der Waals surface area contributed by atoms with E-state index in [1.54, 1.807) is 13.2 Å². The summed E-state index contributed by atoms with van der Waals surface area (Å²) < 4.78 is 10.2. The number of amides is 1. The zero-order valence-electron chi connectivity index (χ0n) is 8.13. The molecule has 0 bridgehead atoms. The van der Waals surface area contributed by atoms with Gasteiger partial charge in [0.05, 0.1) is 23.8 Å². The van der Waals surface area contributed by atoms with E-state index in [0.29, 0.717) is 23.4 Å².